The number of hydrogen-bond donors (Lipinski definition) is 3. The molecule has 1 saturated heterocycles. The summed E-state index contributed by atoms with van der Waals surface area (Å²) in [6, 6.07) is 0. The standard InChI is InChI=1S/C6H11FO3S/c1-2-4(8)5(9)3(7)6(10)11-2/h2-6,8-10H,1H3/t2-,3-,4+,5-,6+/m0/s1. The third-order valence-electron chi connectivity index (χ3n) is 1.78. The Hall–Kier alpha value is 0.160. The van der Waals surface area contributed by atoms with E-state index in [0.29, 0.717) is 0 Å². The van der Waals surface area contributed by atoms with Crippen molar-refractivity contribution in [3.05, 3.63) is 0 Å². The van der Waals surface area contributed by atoms with E-state index >= 15 is 0 Å². The molecule has 0 aromatic carbocycles. The monoisotopic (exact) mass is 182 g/mol. The summed E-state index contributed by atoms with van der Waals surface area (Å²) in [5.74, 6) is 0. The van der Waals surface area contributed by atoms with Crippen LogP contribution in [0, 0.1) is 0 Å². The summed E-state index contributed by atoms with van der Waals surface area (Å²) in [4.78, 5) is 0. The largest absolute Gasteiger partial charge is 0.389 e. The Bertz CT molecular complexity index is 132. The van der Waals surface area contributed by atoms with Crippen molar-refractivity contribution in [2.24, 2.45) is 0 Å². The molecule has 5 atom stereocenters. The average molecular weight is 182 g/mol. The van der Waals surface area contributed by atoms with Gasteiger partial charge in [-0.3, -0.25) is 0 Å². The van der Waals surface area contributed by atoms with Crippen LogP contribution in [0.25, 0.3) is 0 Å². The van der Waals surface area contributed by atoms with Gasteiger partial charge in [0.2, 0.25) is 0 Å². The number of aliphatic hydroxyl groups is 3. The van der Waals surface area contributed by atoms with Crippen LogP contribution in [0.4, 0.5) is 4.39 Å². The summed E-state index contributed by atoms with van der Waals surface area (Å²) in [6.45, 7) is 1.63. The third kappa shape index (κ3) is 1.66. The van der Waals surface area contributed by atoms with Crippen molar-refractivity contribution in [2.45, 2.75) is 36.0 Å². The predicted molar refractivity (Wildman–Crippen MR) is 40.0 cm³/mol. The first kappa shape index (κ1) is 9.25. The maximum absolute atomic E-state index is 12.7. The lowest BCUT2D eigenvalue weighted by Crippen LogP contribution is -2.50. The van der Waals surface area contributed by atoms with Crippen LogP contribution in [-0.2, 0) is 0 Å². The van der Waals surface area contributed by atoms with Crippen LogP contribution in [0.15, 0.2) is 0 Å². The fourth-order valence-electron chi connectivity index (χ4n) is 1.01. The fraction of sp³-hybridized carbons (Fsp3) is 1.00. The Balaban J connectivity index is 2.63. The third-order valence-corrected chi connectivity index (χ3v) is 3.03. The van der Waals surface area contributed by atoms with Gasteiger partial charge in [0.15, 0.2) is 6.17 Å². The van der Waals surface area contributed by atoms with E-state index in [1.807, 2.05) is 0 Å². The zero-order chi connectivity index (χ0) is 8.59. The van der Waals surface area contributed by atoms with Gasteiger partial charge in [-0.05, 0) is 0 Å². The van der Waals surface area contributed by atoms with Gasteiger partial charge in [0, 0.05) is 5.25 Å². The van der Waals surface area contributed by atoms with Gasteiger partial charge in [-0.1, -0.05) is 6.92 Å². The van der Waals surface area contributed by atoms with E-state index in [1.54, 1.807) is 6.92 Å². The first-order valence-electron chi connectivity index (χ1n) is 3.37. The molecule has 3 nitrogen and oxygen atoms in total. The SMILES string of the molecule is C[C@@H]1S[C@@H](O)[C@@H](F)[C@H](O)[C@@H]1O. The van der Waals surface area contributed by atoms with E-state index in [9.17, 15) is 4.39 Å². The second-order valence-electron chi connectivity index (χ2n) is 2.66. The van der Waals surface area contributed by atoms with Crippen LogP contribution < -0.4 is 0 Å². The number of aliphatic hydroxyl groups excluding tert-OH is 3. The van der Waals surface area contributed by atoms with E-state index in [-0.39, 0.29) is 5.25 Å². The van der Waals surface area contributed by atoms with E-state index in [2.05, 4.69) is 0 Å². The van der Waals surface area contributed by atoms with Gasteiger partial charge in [-0.25, -0.2) is 4.39 Å². The van der Waals surface area contributed by atoms with E-state index in [1.165, 1.54) is 0 Å². The van der Waals surface area contributed by atoms with E-state index in [4.69, 9.17) is 15.3 Å². The van der Waals surface area contributed by atoms with Crippen molar-refractivity contribution >= 4 is 11.8 Å². The van der Waals surface area contributed by atoms with Crippen LogP contribution in [0.1, 0.15) is 6.92 Å². The molecule has 0 amide bonds. The molecule has 1 heterocycles. The van der Waals surface area contributed by atoms with Crippen LogP contribution >= 0.6 is 11.8 Å². The fourth-order valence-corrected chi connectivity index (χ4v) is 2.08. The predicted octanol–water partition coefficient (Wildman–Crippen LogP) is -0.500. The summed E-state index contributed by atoms with van der Waals surface area (Å²) < 4.78 is 12.7. The lowest BCUT2D eigenvalue weighted by Gasteiger charge is -2.34. The molecule has 1 aliphatic heterocycles. The second-order valence-corrected chi connectivity index (χ2v) is 4.16. The van der Waals surface area contributed by atoms with Gasteiger partial charge >= 0.3 is 0 Å². The Labute approximate surface area is 68.2 Å². The molecule has 0 saturated carbocycles. The number of rotatable bonds is 0. The highest BCUT2D eigenvalue weighted by Crippen LogP contribution is 2.32. The van der Waals surface area contributed by atoms with Crippen molar-refractivity contribution in [2.75, 3.05) is 0 Å². The number of thioether (sulfide) groups is 1. The lowest BCUT2D eigenvalue weighted by molar-refractivity contribution is -0.0584. The van der Waals surface area contributed by atoms with Gasteiger partial charge in [0.1, 0.15) is 11.5 Å². The molecule has 0 spiro atoms. The first-order valence-corrected chi connectivity index (χ1v) is 4.32. The molecule has 0 aliphatic carbocycles. The van der Waals surface area contributed by atoms with Gasteiger partial charge in [0.05, 0.1) is 6.10 Å². The molecular weight excluding hydrogens is 171 g/mol. The molecule has 0 aromatic rings. The molecule has 5 heteroatoms. The van der Waals surface area contributed by atoms with Crippen LogP contribution in [0.5, 0.6) is 0 Å². The van der Waals surface area contributed by atoms with Crippen molar-refractivity contribution in [1.82, 2.24) is 0 Å². The van der Waals surface area contributed by atoms with Crippen LogP contribution in [-0.4, -0.2) is 44.4 Å². The molecule has 66 valence electrons. The summed E-state index contributed by atoms with van der Waals surface area (Å²) in [5, 5.41) is 26.7. The minimum atomic E-state index is -1.74. The van der Waals surface area contributed by atoms with Gasteiger partial charge in [-0.2, -0.15) is 0 Å². The summed E-state index contributed by atoms with van der Waals surface area (Å²) >= 11 is 0.932. The highest BCUT2D eigenvalue weighted by molar-refractivity contribution is 8.00. The molecule has 1 aliphatic rings. The Morgan fingerprint density at radius 2 is 1.73 bits per heavy atom. The zero-order valence-electron chi connectivity index (χ0n) is 6.01. The van der Waals surface area contributed by atoms with E-state index in [0.717, 1.165) is 11.8 Å². The molecule has 0 unspecified atom stereocenters. The van der Waals surface area contributed by atoms with Crippen molar-refractivity contribution in [3.63, 3.8) is 0 Å². The molecule has 1 fully saturated rings. The summed E-state index contributed by atoms with van der Waals surface area (Å²) in [5.41, 5.74) is -1.22. The second kappa shape index (κ2) is 3.26. The maximum atomic E-state index is 12.7. The molecule has 0 bridgehead atoms. The first-order chi connectivity index (χ1) is 5.04. The Morgan fingerprint density at radius 3 is 2.27 bits per heavy atom. The summed E-state index contributed by atoms with van der Waals surface area (Å²) in [7, 11) is 0. The molecule has 3 N–H and O–H groups in total. The topological polar surface area (TPSA) is 60.7 Å². The highest BCUT2D eigenvalue weighted by Gasteiger charge is 2.41. The normalized spacial score (nSPS) is 52.6. The highest BCUT2D eigenvalue weighted by atomic mass is 32.2. The number of alkyl halides is 1. The number of hydrogen-bond acceptors (Lipinski definition) is 4. The van der Waals surface area contributed by atoms with Crippen molar-refractivity contribution < 1.29 is 19.7 Å². The molecular formula is C6H11FO3S. The molecule has 0 radical (unpaired) electrons. The molecule has 11 heavy (non-hydrogen) atoms. The number of halogens is 1. The minimum Gasteiger partial charge on any atom is -0.389 e. The van der Waals surface area contributed by atoms with Crippen LogP contribution in [0.2, 0.25) is 0 Å². The summed E-state index contributed by atoms with van der Waals surface area (Å²) in [6.07, 6.45) is -4.29. The minimum absolute atomic E-state index is 0.327. The Kier molecular flexibility index (Phi) is 2.74. The van der Waals surface area contributed by atoms with E-state index < -0.39 is 23.8 Å². The maximum Gasteiger partial charge on any atom is 0.163 e. The van der Waals surface area contributed by atoms with Gasteiger partial charge in [0.25, 0.3) is 0 Å². The zero-order valence-corrected chi connectivity index (χ0v) is 6.83. The van der Waals surface area contributed by atoms with Gasteiger partial charge in [-0.15, -0.1) is 11.8 Å². The van der Waals surface area contributed by atoms with Crippen molar-refractivity contribution in [3.8, 4) is 0 Å². The quantitative estimate of drug-likeness (QED) is 0.472. The van der Waals surface area contributed by atoms with Crippen LogP contribution in [0.3, 0.4) is 0 Å². The Morgan fingerprint density at radius 1 is 1.18 bits per heavy atom. The molecule has 1 rings (SSSR count). The van der Waals surface area contributed by atoms with Gasteiger partial charge < -0.3 is 15.3 Å². The molecule has 0 aromatic heterocycles. The lowest BCUT2D eigenvalue weighted by atomic mass is 10.1. The average Bonchev–Trinajstić information content (AvgIpc) is 1.97. The van der Waals surface area contributed by atoms with Crippen molar-refractivity contribution in [1.29, 1.82) is 0 Å². The smallest absolute Gasteiger partial charge is 0.163 e.